The molecule has 0 saturated carbocycles. The Kier molecular flexibility index (Phi) is 5.52. The average Bonchev–Trinajstić information content (AvgIpc) is 3.10. The molecule has 8 heteroatoms. The molecule has 1 N–H and O–H groups in total. The van der Waals surface area contributed by atoms with Crippen LogP contribution >= 0.6 is 11.8 Å². The van der Waals surface area contributed by atoms with Gasteiger partial charge < -0.3 is 10.1 Å². The second kappa shape index (κ2) is 8.01. The van der Waals surface area contributed by atoms with E-state index in [1.54, 1.807) is 56.5 Å². The maximum atomic E-state index is 14.0. The number of aromatic nitrogens is 3. The van der Waals surface area contributed by atoms with Gasteiger partial charge in [-0.15, -0.1) is 10.2 Å². The number of nitrogens with zero attached hydrogens (tertiary/aromatic N) is 3. The fourth-order valence-corrected chi connectivity index (χ4v) is 3.11. The van der Waals surface area contributed by atoms with Gasteiger partial charge in [0, 0.05) is 11.8 Å². The van der Waals surface area contributed by atoms with Gasteiger partial charge in [0.2, 0.25) is 5.91 Å². The molecule has 1 heterocycles. The average molecular weight is 372 g/mol. The van der Waals surface area contributed by atoms with Gasteiger partial charge in [-0.25, -0.2) is 4.39 Å². The van der Waals surface area contributed by atoms with E-state index in [0.717, 1.165) is 0 Å². The molecule has 134 valence electrons. The van der Waals surface area contributed by atoms with Crippen LogP contribution in [0.3, 0.4) is 0 Å². The van der Waals surface area contributed by atoms with Crippen LogP contribution in [-0.4, -0.2) is 33.0 Å². The van der Waals surface area contributed by atoms with Crippen LogP contribution in [0.2, 0.25) is 0 Å². The van der Waals surface area contributed by atoms with E-state index in [2.05, 4.69) is 15.5 Å². The summed E-state index contributed by atoms with van der Waals surface area (Å²) in [6.45, 7) is 1.75. The number of carbonyl (C=O) groups excluding carboxylic acids is 1. The Morgan fingerprint density at radius 3 is 2.85 bits per heavy atom. The molecule has 1 aromatic heterocycles. The Morgan fingerprint density at radius 1 is 1.27 bits per heavy atom. The first-order valence-electron chi connectivity index (χ1n) is 7.85. The molecule has 3 aromatic rings. The van der Waals surface area contributed by atoms with Crippen molar-refractivity contribution in [2.75, 3.05) is 12.4 Å². The molecule has 0 bridgehead atoms. The number of anilines is 1. The van der Waals surface area contributed by atoms with Gasteiger partial charge in [-0.05, 0) is 31.2 Å². The molecule has 0 radical (unpaired) electrons. The van der Waals surface area contributed by atoms with Gasteiger partial charge in [-0.2, -0.15) is 0 Å². The summed E-state index contributed by atoms with van der Waals surface area (Å²) >= 11 is 1.20. The van der Waals surface area contributed by atoms with Crippen molar-refractivity contribution in [3.63, 3.8) is 0 Å². The first-order chi connectivity index (χ1) is 12.6. The van der Waals surface area contributed by atoms with E-state index in [0.29, 0.717) is 22.3 Å². The number of para-hydroxylation sites is 1. The highest BCUT2D eigenvalue weighted by Crippen LogP contribution is 2.26. The number of thioether (sulfide) groups is 1. The highest BCUT2D eigenvalue weighted by Gasteiger charge is 2.19. The molecule has 0 fully saturated rings. The Bertz CT molecular complexity index is 915. The normalized spacial score (nSPS) is 11.8. The monoisotopic (exact) mass is 372 g/mol. The lowest BCUT2D eigenvalue weighted by Gasteiger charge is -2.13. The van der Waals surface area contributed by atoms with Crippen molar-refractivity contribution in [2.24, 2.45) is 0 Å². The Balaban J connectivity index is 1.72. The van der Waals surface area contributed by atoms with E-state index in [9.17, 15) is 9.18 Å². The number of amides is 1. The maximum Gasteiger partial charge on any atom is 0.237 e. The van der Waals surface area contributed by atoms with Crippen molar-refractivity contribution in [3.8, 4) is 11.4 Å². The number of methoxy groups -OCH3 is 1. The second-order valence-electron chi connectivity index (χ2n) is 5.42. The highest BCUT2D eigenvalue weighted by atomic mass is 32.2. The first-order valence-corrected chi connectivity index (χ1v) is 8.73. The van der Waals surface area contributed by atoms with Crippen LogP contribution in [-0.2, 0) is 4.79 Å². The molecule has 2 aromatic carbocycles. The number of nitrogens with one attached hydrogen (secondary N) is 1. The minimum absolute atomic E-state index is 0.202. The molecule has 0 aliphatic heterocycles. The Labute approximate surface area is 154 Å². The van der Waals surface area contributed by atoms with E-state index < -0.39 is 5.25 Å². The third-order valence-electron chi connectivity index (χ3n) is 3.62. The predicted molar refractivity (Wildman–Crippen MR) is 98.3 cm³/mol. The summed E-state index contributed by atoms with van der Waals surface area (Å²) in [5.74, 6) is 0.0661. The van der Waals surface area contributed by atoms with E-state index in [4.69, 9.17) is 4.74 Å². The Morgan fingerprint density at radius 2 is 2.08 bits per heavy atom. The zero-order valence-corrected chi connectivity index (χ0v) is 15.0. The summed E-state index contributed by atoms with van der Waals surface area (Å²) in [7, 11) is 1.56. The van der Waals surface area contributed by atoms with Crippen LogP contribution < -0.4 is 10.1 Å². The summed E-state index contributed by atoms with van der Waals surface area (Å²) in [5, 5.41) is 10.6. The van der Waals surface area contributed by atoms with E-state index in [1.165, 1.54) is 28.7 Å². The number of carbonyl (C=O) groups is 1. The number of hydrogen-bond donors (Lipinski definition) is 1. The van der Waals surface area contributed by atoms with Crippen LogP contribution in [0.4, 0.5) is 10.1 Å². The van der Waals surface area contributed by atoms with Gasteiger partial charge in [0.25, 0.3) is 0 Å². The molecule has 0 saturated heterocycles. The van der Waals surface area contributed by atoms with Crippen molar-refractivity contribution in [3.05, 3.63) is 60.7 Å². The molecule has 1 atom stereocenters. The van der Waals surface area contributed by atoms with Gasteiger partial charge in [0.1, 0.15) is 17.9 Å². The van der Waals surface area contributed by atoms with Crippen molar-refractivity contribution >= 4 is 23.4 Å². The van der Waals surface area contributed by atoms with E-state index >= 15 is 0 Å². The maximum absolute atomic E-state index is 14.0. The zero-order valence-electron chi connectivity index (χ0n) is 14.2. The number of halogens is 1. The first kappa shape index (κ1) is 17.9. The zero-order chi connectivity index (χ0) is 18.5. The Hall–Kier alpha value is -2.87. The van der Waals surface area contributed by atoms with E-state index in [1.807, 2.05) is 0 Å². The fourth-order valence-electron chi connectivity index (χ4n) is 2.27. The van der Waals surface area contributed by atoms with Crippen molar-refractivity contribution in [1.82, 2.24) is 14.8 Å². The second-order valence-corrected chi connectivity index (χ2v) is 6.72. The van der Waals surface area contributed by atoms with Crippen LogP contribution in [0.1, 0.15) is 6.92 Å². The van der Waals surface area contributed by atoms with Crippen molar-refractivity contribution in [1.29, 1.82) is 0 Å². The number of rotatable bonds is 6. The van der Waals surface area contributed by atoms with Gasteiger partial charge in [0.05, 0.1) is 18.0 Å². The molecular weight excluding hydrogens is 355 g/mol. The molecule has 26 heavy (non-hydrogen) atoms. The third kappa shape index (κ3) is 4.02. The minimum Gasteiger partial charge on any atom is -0.497 e. The molecular formula is C18H17FN4O2S. The largest absolute Gasteiger partial charge is 0.497 e. The van der Waals surface area contributed by atoms with Gasteiger partial charge in [-0.3, -0.25) is 9.36 Å². The molecule has 6 nitrogen and oxygen atoms in total. The summed E-state index contributed by atoms with van der Waals surface area (Å²) in [6.07, 6.45) is 1.42. The number of hydrogen-bond acceptors (Lipinski definition) is 5. The lowest BCUT2D eigenvalue weighted by molar-refractivity contribution is -0.115. The summed E-state index contributed by atoms with van der Waals surface area (Å²) in [4.78, 5) is 12.4. The highest BCUT2D eigenvalue weighted by molar-refractivity contribution is 8.00. The standard InChI is InChI=1S/C18H17FN4O2S/c1-12(17(24)21-13-6-5-7-14(10-13)25-2)26-18-22-20-11-23(18)16-9-4-3-8-15(16)19/h3-12H,1-2H3,(H,21,24). The molecule has 1 amide bonds. The van der Waals surface area contributed by atoms with Crippen molar-refractivity contribution < 1.29 is 13.9 Å². The third-order valence-corrected chi connectivity index (χ3v) is 4.67. The van der Waals surface area contributed by atoms with Crippen LogP contribution in [0.5, 0.6) is 5.75 Å². The van der Waals surface area contributed by atoms with Crippen LogP contribution in [0, 0.1) is 5.82 Å². The molecule has 0 aliphatic carbocycles. The lowest BCUT2D eigenvalue weighted by atomic mass is 10.3. The predicted octanol–water partition coefficient (Wildman–Crippen LogP) is 3.53. The lowest BCUT2D eigenvalue weighted by Crippen LogP contribution is -2.22. The molecule has 0 spiro atoms. The SMILES string of the molecule is COc1cccc(NC(=O)C(C)Sc2nncn2-c2ccccc2F)c1. The molecule has 3 rings (SSSR count). The topological polar surface area (TPSA) is 69.0 Å². The van der Waals surface area contributed by atoms with Gasteiger partial charge >= 0.3 is 0 Å². The van der Waals surface area contributed by atoms with E-state index in [-0.39, 0.29) is 11.7 Å². The van der Waals surface area contributed by atoms with Crippen LogP contribution in [0.15, 0.2) is 60.0 Å². The van der Waals surface area contributed by atoms with Gasteiger partial charge in [0.15, 0.2) is 5.16 Å². The number of ether oxygens (including phenoxy) is 1. The van der Waals surface area contributed by atoms with Crippen molar-refractivity contribution in [2.45, 2.75) is 17.3 Å². The molecule has 0 aliphatic rings. The summed E-state index contributed by atoms with van der Waals surface area (Å²) in [5.41, 5.74) is 0.970. The summed E-state index contributed by atoms with van der Waals surface area (Å²) < 4.78 is 20.7. The summed E-state index contributed by atoms with van der Waals surface area (Å²) in [6, 6.07) is 13.4. The smallest absolute Gasteiger partial charge is 0.237 e. The quantitative estimate of drug-likeness (QED) is 0.671. The van der Waals surface area contributed by atoms with Crippen LogP contribution in [0.25, 0.3) is 5.69 Å². The molecule has 1 unspecified atom stereocenters. The fraction of sp³-hybridized carbons (Fsp3) is 0.167. The van der Waals surface area contributed by atoms with Gasteiger partial charge in [-0.1, -0.05) is 30.0 Å². The number of benzene rings is 2. The minimum atomic E-state index is -0.462.